The van der Waals surface area contributed by atoms with Crippen LogP contribution < -0.4 is 0 Å². The van der Waals surface area contributed by atoms with Crippen molar-refractivity contribution in [3.05, 3.63) is 36.9 Å². The van der Waals surface area contributed by atoms with Gasteiger partial charge in [0.25, 0.3) is 0 Å². The highest BCUT2D eigenvalue weighted by molar-refractivity contribution is 4.94. The predicted octanol–water partition coefficient (Wildman–Crippen LogP) is 1.15. The highest BCUT2D eigenvalue weighted by Gasteiger charge is 2.00. The van der Waals surface area contributed by atoms with Gasteiger partial charge in [0.2, 0.25) is 0 Å². The maximum Gasteiger partial charge on any atom is 0.128 e. The SMILES string of the molecule is CCn1ccnc1Cn1ccnc1. The van der Waals surface area contributed by atoms with Gasteiger partial charge in [-0.1, -0.05) is 0 Å². The lowest BCUT2D eigenvalue weighted by atomic mass is 10.5. The third-order valence-electron chi connectivity index (χ3n) is 2.03. The molecule has 0 radical (unpaired) electrons. The van der Waals surface area contributed by atoms with Crippen molar-refractivity contribution in [3.63, 3.8) is 0 Å². The van der Waals surface area contributed by atoms with Gasteiger partial charge < -0.3 is 9.13 Å². The van der Waals surface area contributed by atoms with E-state index in [0.29, 0.717) is 0 Å². The van der Waals surface area contributed by atoms with Crippen molar-refractivity contribution in [2.45, 2.75) is 20.0 Å². The Morgan fingerprint density at radius 2 is 2.23 bits per heavy atom. The molecule has 4 nitrogen and oxygen atoms in total. The molecule has 0 bridgehead atoms. The maximum absolute atomic E-state index is 4.28. The molecule has 0 saturated heterocycles. The zero-order valence-electron chi connectivity index (χ0n) is 7.59. The van der Waals surface area contributed by atoms with E-state index < -0.39 is 0 Å². The van der Waals surface area contributed by atoms with E-state index in [0.717, 1.165) is 18.9 Å². The summed E-state index contributed by atoms with van der Waals surface area (Å²) in [5.74, 6) is 1.07. The fourth-order valence-electron chi connectivity index (χ4n) is 1.32. The van der Waals surface area contributed by atoms with Gasteiger partial charge in [-0.05, 0) is 6.92 Å². The minimum atomic E-state index is 0.792. The number of imidazole rings is 2. The molecule has 2 aromatic rings. The van der Waals surface area contributed by atoms with Crippen LogP contribution in [0.3, 0.4) is 0 Å². The molecule has 2 aromatic heterocycles. The molecule has 0 unspecified atom stereocenters. The van der Waals surface area contributed by atoms with Gasteiger partial charge in [0.05, 0.1) is 12.9 Å². The standard InChI is InChI=1S/C9H12N4/c1-2-13-6-4-11-9(13)7-12-5-3-10-8-12/h3-6,8H,2,7H2,1H3. The summed E-state index contributed by atoms with van der Waals surface area (Å²) in [5, 5.41) is 0. The van der Waals surface area contributed by atoms with E-state index >= 15 is 0 Å². The number of hydrogen-bond donors (Lipinski definition) is 0. The van der Waals surface area contributed by atoms with E-state index in [1.54, 1.807) is 12.5 Å². The Kier molecular flexibility index (Phi) is 2.12. The first kappa shape index (κ1) is 8.04. The van der Waals surface area contributed by atoms with Crippen LogP contribution in [0.5, 0.6) is 0 Å². The number of rotatable bonds is 3. The molecule has 0 aromatic carbocycles. The Balaban J connectivity index is 2.18. The molecule has 2 heterocycles. The summed E-state index contributed by atoms with van der Waals surface area (Å²) in [7, 11) is 0. The predicted molar refractivity (Wildman–Crippen MR) is 49.2 cm³/mol. The minimum absolute atomic E-state index is 0.792. The summed E-state index contributed by atoms with van der Waals surface area (Å²) in [5.41, 5.74) is 0. The summed E-state index contributed by atoms with van der Waals surface area (Å²) in [6.07, 6.45) is 9.34. The van der Waals surface area contributed by atoms with Crippen molar-refractivity contribution in [1.29, 1.82) is 0 Å². The zero-order valence-corrected chi connectivity index (χ0v) is 7.59. The molecular formula is C9H12N4. The van der Waals surface area contributed by atoms with Crippen LogP contribution in [-0.4, -0.2) is 19.1 Å². The second-order valence-electron chi connectivity index (χ2n) is 2.86. The molecule has 0 amide bonds. The van der Waals surface area contributed by atoms with Gasteiger partial charge >= 0.3 is 0 Å². The smallest absolute Gasteiger partial charge is 0.128 e. The van der Waals surface area contributed by atoms with E-state index in [9.17, 15) is 0 Å². The highest BCUT2D eigenvalue weighted by Crippen LogP contribution is 2.00. The first-order valence-corrected chi connectivity index (χ1v) is 4.36. The van der Waals surface area contributed by atoms with Crippen LogP contribution in [0.25, 0.3) is 0 Å². The van der Waals surface area contributed by atoms with Gasteiger partial charge in [0, 0.05) is 31.3 Å². The Hall–Kier alpha value is -1.58. The molecule has 0 atom stereocenters. The summed E-state index contributed by atoms with van der Waals surface area (Å²) in [6.45, 7) is 3.87. The van der Waals surface area contributed by atoms with Crippen molar-refractivity contribution in [3.8, 4) is 0 Å². The fourth-order valence-corrected chi connectivity index (χ4v) is 1.32. The van der Waals surface area contributed by atoms with Gasteiger partial charge in [-0.2, -0.15) is 0 Å². The van der Waals surface area contributed by atoms with Gasteiger partial charge in [0.1, 0.15) is 5.82 Å². The molecule has 0 spiro atoms. The lowest BCUT2D eigenvalue weighted by Gasteiger charge is -2.04. The summed E-state index contributed by atoms with van der Waals surface area (Å²) >= 11 is 0. The minimum Gasteiger partial charge on any atom is -0.334 e. The Labute approximate surface area is 76.9 Å². The third-order valence-corrected chi connectivity index (χ3v) is 2.03. The Morgan fingerprint density at radius 1 is 1.31 bits per heavy atom. The molecule has 13 heavy (non-hydrogen) atoms. The number of nitrogens with zero attached hydrogens (tertiary/aromatic N) is 4. The molecule has 0 aliphatic rings. The average molecular weight is 176 g/mol. The molecule has 0 aliphatic heterocycles. The molecular weight excluding hydrogens is 164 g/mol. The van der Waals surface area contributed by atoms with Crippen molar-refractivity contribution in [2.75, 3.05) is 0 Å². The van der Waals surface area contributed by atoms with Gasteiger partial charge in [0.15, 0.2) is 0 Å². The monoisotopic (exact) mass is 176 g/mol. The molecule has 0 saturated carbocycles. The van der Waals surface area contributed by atoms with Gasteiger partial charge in [-0.3, -0.25) is 0 Å². The molecule has 0 N–H and O–H groups in total. The van der Waals surface area contributed by atoms with Crippen LogP contribution in [0, 0.1) is 0 Å². The zero-order chi connectivity index (χ0) is 9.10. The molecule has 2 rings (SSSR count). The van der Waals surface area contributed by atoms with Crippen molar-refractivity contribution in [1.82, 2.24) is 19.1 Å². The largest absolute Gasteiger partial charge is 0.334 e. The van der Waals surface area contributed by atoms with E-state index in [-0.39, 0.29) is 0 Å². The van der Waals surface area contributed by atoms with Crippen molar-refractivity contribution < 1.29 is 0 Å². The first-order valence-electron chi connectivity index (χ1n) is 4.36. The summed E-state index contributed by atoms with van der Waals surface area (Å²) < 4.78 is 4.13. The van der Waals surface area contributed by atoms with Crippen LogP contribution in [0.15, 0.2) is 31.1 Å². The fraction of sp³-hybridized carbons (Fsp3) is 0.333. The second-order valence-corrected chi connectivity index (χ2v) is 2.86. The van der Waals surface area contributed by atoms with E-state index in [1.807, 2.05) is 23.2 Å². The summed E-state index contributed by atoms with van der Waals surface area (Å²) in [4.78, 5) is 8.26. The summed E-state index contributed by atoms with van der Waals surface area (Å²) in [6, 6.07) is 0. The van der Waals surface area contributed by atoms with Crippen molar-refractivity contribution in [2.24, 2.45) is 0 Å². The first-order chi connectivity index (χ1) is 6.40. The highest BCUT2D eigenvalue weighted by atomic mass is 15.1. The van der Waals surface area contributed by atoms with E-state index in [4.69, 9.17) is 0 Å². The van der Waals surface area contributed by atoms with Gasteiger partial charge in [-0.15, -0.1) is 0 Å². The Bertz CT molecular complexity index is 361. The number of aromatic nitrogens is 4. The maximum atomic E-state index is 4.28. The molecule has 4 heteroatoms. The van der Waals surface area contributed by atoms with Crippen LogP contribution >= 0.6 is 0 Å². The molecule has 68 valence electrons. The van der Waals surface area contributed by atoms with E-state index in [1.165, 1.54) is 0 Å². The molecule has 0 fully saturated rings. The topological polar surface area (TPSA) is 35.6 Å². The average Bonchev–Trinajstić information content (AvgIpc) is 2.76. The lowest BCUT2D eigenvalue weighted by Crippen LogP contribution is -2.05. The van der Waals surface area contributed by atoms with Gasteiger partial charge in [-0.25, -0.2) is 9.97 Å². The lowest BCUT2D eigenvalue weighted by molar-refractivity contribution is 0.651. The van der Waals surface area contributed by atoms with Crippen LogP contribution in [0.2, 0.25) is 0 Å². The number of hydrogen-bond acceptors (Lipinski definition) is 2. The quantitative estimate of drug-likeness (QED) is 0.703. The third kappa shape index (κ3) is 1.61. The Morgan fingerprint density at radius 3 is 2.92 bits per heavy atom. The van der Waals surface area contributed by atoms with Crippen LogP contribution in [0.4, 0.5) is 0 Å². The van der Waals surface area contributed by atoms with Crippen LogP contribution in [-0.2, 0) is 13.1 Å². The molecule has 0 aliphatic carbocycles. The number of aryl methyl sites for hydroxylation is 1. The van der Waals surface area contributed by atoms with Crippen molar-refractivity contribution >= 4 is 0 Å². The van der Waals surface area contributed by atoms with Crippen LogP contribution in [0.1, 0.15) is 12.7 Å². The van der Waals surface area contributed by atoms with E-state index in [2.05, 4.69) is 21.5 Å². The normalized spacial score (nSPS) is 10.5. The second kappa shape index (κ2) is 3.43.